The van der Waals surface area contributed by atoms with Crippen LogP contribution in [-0.2, 0) is 11.3 Å². The molecule has 0 aliphatic heterocycles. The second kappa shape index (κ2) is 7.87. The van der Waals surface area contributed by atoms with E-state index in [2.05, 4.69) is 9.97 Å². The molecular formula is C16H22N6OS. The van der Waals surface area contributed by atoms with Crippen molar-refractivity contribution in [1.29, 1.82) is 0 Å². The number of amides is 1. The van der Waals surface area contributed by atoms with Crippen LogP contribution in [-0.4, -0.2) is 47.7 Å². The van der Waals surface area contributed by atoms with E-state index in [1.165, 1.54) is 17.8 Å². The predicted octanol–water partition coefficient (Wildman–Crippen LogP) is 1.46. The molecule has 2 rings (SSSR count). The number of carbonyl (C=O) groups excluding carboxylic acids is 1. The van der Waals surface area contributed by atoms with Crippen molar-refractivity contribution in [2.75, 3.05) is 43.3 Å². The molecule has 128 valence electrons. The van der Waals surface area contributed by atoms with Crippen molar-refractivity contribution in [3.05, 3.63) is 35.9 Å². The van der Waals surface area contributed by atoms with Crippen LogP contribution >= 0.6 is 11.8 Å². The average Bonchev–Trinajstić information content (AvgIpc) is 2.52. The Labute approximate surface area is 146 Å². The molecule has 1 amide bonds. The van der Waals surface area contributed by atoms with Crippen molar-refractivity contribution >= 4 is 35.0 Å². The molecule has 2 aromatic rings. The largest absolute Gasteiger partial charge is 0.383 e. The Hall–Kier alpha value is -2.48. The highest BCUT2D eigenvalue weighted by atomic mass is 32.2. The summed E-state index contributed by atoms with van der Waals surface area (Å²) < 4.78 is 0. The molecule has 0 bridgehead atoms. The zero-order valence-corrected chi connectivity index (χ0v) is 14.9. The highest BCUT2D eigenvalue weighted by Crippen LogP contribution is 2.18. The Bertz CT molecular complexity index is 684. The van der Waals surface area contributed by atoms with E-state index in [4.69, 9.17) is 11.5 Å². The van der Waals surface area contributed by atoms with Crippen molar-refractivity contribution < 1.29 is 4.79 Å². The summed E-state index contributed by atoms with van der Waals surface area (Å²) in [5.41, 5.74) is 13.4. The molecule has 24 heavy (non-hydrogen) atoms. The molecule has 1 heterocycles. The summed E-state index contributed by atoms with van der Waals surface area (Å²) in [5, 5.41) is 0.407. The fourth-order valence-electron chi connectivity index (χ4n) is 2.02. The lowest BCUT2D eigenvalue weighted by Crippen LogP contribution is -2.27. The summed E-state index contributed by atoms with van der Waals surface area (Å²) in [5.74, 6) is 0.815. The molecule has 0 atom stereocenters. The fraction of sp³-hybridized carbons (Fsp3) is 0.312. The first-order chi connectivity index (χ1) is 11.3. The van der Waals surface area contributed by atoms with E-state index >= 15 is 0 Å². The quantitative estimate of drug-likeness (QED) is 0.603. The Morgan fingerprint density at radius 2 is 1.67 bits per heavy atom. The third kappa shape index (κ3) is 5.02. The normalized spacial score (nSPS) is 10.5. The molecule has 0 saturated heterocycles. The molecule has 4 N–H and O–H groups in total. The number of nitrogens with zero attached hydrogens (tertiary/aromatic N) is 4. The van der Waals surface area contributed by atoms with Crippen molar-refractivity contribution in [2.45, 2.75) is 11.7 Å². The Balaban J connectivity index is 1.89. The molecule has 7 nitrogen and oxygen atoms in total. The number of hydrogen-bond acceptors (Lipinski definition) is 7. The molecule has 0 radical (unpaired) electrons. The summed E-state index contributed by atoms with van der Waals surface area (Å²) in [6.07, 6.45) is 0. The van der Waals surface area contributed by atoms with E-state index in [-0.39, 0.29) is 11.7 Å². The smallest absolute Gasteiger partial charge is 0.233 e. The highest BCUT2D eigenvalue weighted by Gasteiger charge is 2.12. The summed E-state index contributed by atoms with van der Waals surface area (Å²) >= 11 is 1.22. The molecule has 1 aromatic heterocycles. The van der Waals surface area contributed by atoms with Crippen LogP contribution in [0.4, 0.5) is 17.3 Å². The number of anilines is 3. The minimum atomic E-state index is -0.0127. The van der Waals surface area contributed by atoms with Crippen molar-refractivity contribution in [3.8, 4) is 0 Å². The molecule has 8 heteroatoms. The van der Waals surface area contributed by atoms with Crippen LogP contribution in [0, 0.1) is 0 Å². The van der Waals surface area contributed by atoms with Crippen molar-refractivity contribution in [2.24, 2.45) is 0 Å². The van der Waals surface area contributed by atoms with Crippen LogP contribution in [0.5, 0.6) is 0 Å². The first-order valence-corrected chi connectivity index (χ1v) is 8.37. The second-order valence-corrected chi connectivity index (χ2v) is 6.54. The molecule has 0 fully saturated rings. The minimum absolute atomic E-state index is 0.0127. The van der Waals surface area contributed by atoms with E-state index in [1.807, 2.05) is 43.3 Å². The van der Waals surface area contributed by atoms with Gasteiger partial charge in [0.25, 0.3) is 0 Å². The third-order valence-electron chi connectivity index (χ3n) is 3.37. The Kier molecular flexibility index (Phi) is 5.86. The molecule has 0 saturated carbocycles. The maximum atomic E-state index is 12.2. The highest BCUT2D eigenvalue weighted by molar-refractivity contribution is 7.99. The van der Waals surface area contributed by atoms with E-state index in [9.17, 15) is 4.79 Å². The van der Waals surface area contributed by atoms with Crippen LogP contribution in [0.1, 0.15) is 5.56 Å². The van der Waals surface area contributed by atoms with E-state index < -0.39 is 0 Å². The fourth-order valence-corrected chi connectivity index (χ4v) is 2.84. The second-order valence-electron chi connectivity index (χ2n) is 5.60. The standard InChI is InChI=1S/C16H22N6OS/c1-21(2)12-6-4-11(5-7-12)9-22(3)15(23)10-24-16-19-13(17)8-14(18)20-16/h4-8H,9-10H2,1-3H3,(H4,17,18,19,20). The van der Waals surface area contributed by atoms with Gasteiger partial charge in [-0.2, -0.15) is 0 Å². The zero-order chi connectivity index (χ0) is 17.7. The lowest BCUT2D eigenvalue weighted by atomic mass is 10.2. The summed E-state index contributed by atoms with van der Waals surface area (Å²) in [6.45, 7) is 0.549. The predicted molar refractivity (Wildman–Crippen MR) is 98.8 cm³/mol. The SMILES string of the molecule is CN(Cc1ccc(N(C)C)cc1)C(=O)CSc1nc(N)cc(N)n1. The molecular weight excluding hydrogens is 324 g/mol. The first kappa shape index (κ1) is 17.9. The molecule has 1 aromatic carbocycles. The summed E-state index contributed by atoms with van der Waals surface area (Å²) in [6, 6.07) is 9.59. The Morgan fingerprint density at radius 3 is 2.21 bits per heavy atom. The van der Waals surface area contributed by atoms with Gasteiger partial charge in [-0.3, -0.25) is 4.79 Å². The van der Waals surface area contributed by atoms with Crippen LogP contribution in [0.3, 0.4) is 0 Å². The number of benzene rings is 1. The van der Waals surface area contributed by atoms with Crippen LogP contribution in [0.25, 0.3) is 0 Å². The van der Waals surface area contributed by atoms with Crippen LogP contribution in [0.2, 0.25) is 0 Å². The molecule has 0 aliphatic rings. The van der Waals surface area contributed by atoms with Gasteiger partial charge in [-0.05, 0) is 17.7 Å². The maximum absolute atomic E-state index is 12.2. The topological polar surface area (TPSA) is 101 Å². The van der Waals surface area contributed by atoms with Crippen molar-refractivity contribution in [3.63, 3.8) is 0 Å². The number of carbonyl (C=O) groups is 1. The summed E-state index contributed by atoms with van der Waals surface area (Å²) in [4.78, 5) is 24.1. The number of hydrogen-bond donors (Lipinski definition) is 2. The van der Waals surface area contributed by atoms with Gasteiger partial charge in [-0.15, -0.1) is 0 Å². The zero-order valence-electron chi connectivity index (χ0n) is 14.1. The van der Waals surface area contributed by atoms with Gasteiger partial charge in [-0.1, -0.05) is 23.9 Å². The number of aromatic nitrogens is 2. The van der Waals surface area contributed by atoms with Gasteiger partial charge in [0, 0.05) is 39.4 Å². The minimum Gasteiger partial charge on any atom is -0.383 e. The van der Waals surface area contributed by atoms with Crippen LogP contribution in [0.15, 0.2) is 35.5 Å². The number of nitrogen functional groups attached to an aromatic ring is 2. The van der Waals surface area contributed by atoms with E-state index in [1.54, 1.807) is 11.9 Å². The first-order valence-electron chi connectivity index (χ1n) is 7.38. The molecule has 0 unspecified atom stereocenters. The third-order valence-corrected chi connectivity index (χ3v) is 4.20. The average molecular weight is 346 g/mol. The van der Waals surface area contributed by atoms with Gasteiger partial charge in [-0.25, -0.2) is 9.97 Å². The number of thioether (sulfide) groups is 1. The maximum Gasteiger partial charge on any atom is 0.233 e. The van der Waals surface area contributed by atoms with Gasteiger partial charge in [0.15, 0.2) is 5.16 Å². The van der Waals surface area contributed by atoms with Gasteiger partial charge >= 0.3 is 0 Å². The number of nitrogens with two attached hydrogens (primary N) is 2. The monoisotopic (exact) mass is 346 g/mol. The van der Waals surface area contributed by atoms with E-state index in [0.717, 1.165) is 11.3 Å². The van der Waals surface area contributed by atoms with Crippen molar-refractivity contribution in [1.82, 2.24) is 14.9 Å². The Morgan fingerprint density at radius 1 is 1.08 bits per heavy atom. The lowest BCUT2D eigenvalue weighted by Gasteiger charge is -2.18. The molecule has 0 aliphatic carbocycles. The van der Waals surface area contributed by atoms with Gasteiger partial charge in [0.2, 0.25) is 5.91 Å². The lowest BCUT2D eigenvalue weighted by molar-refractivity contribution is -0.127. The van der Waals surface area contributed by atoms with Gasteiger partial charge < -0.3 is 21.3 Å². The number of rotatable bonds is 6. The summed E-state index contributed by atoms with van der Waals surface area (Å²) in [7, 11) is 5.76. The van der Waals surface area contributed by atoms with E-state index in [0.29, 0.717) is 23.3 Å². The van der Waals surface area contributed by atoms with Gasteiger partial charge in [0.1, 0.15) is 11.6 Å². The van der Waals surface area contributed by atoms with Gasteiger partial charge in [0.05, 0.1) is 5.75 Å². The van der Waals surface area contributed by atoms with Crippen LogP contribution < -0.4 is 16.4 Å². The molecule has 0 spiro atoms.